The number of fused-ring (bicyclic) bond motifs is 1. The highest BCUT2D eigenvalue weighted by Gasteiger charge is 2.18. The zero-order valence-corrected chi connectivity index (χ0v) is 18.3. The second kappa shape index (κ2) is 9.16. The largest absolute Gasteiger partial charge is 0.507 e. The first-order valence-electron chi connectivity index (χ1n) is 10.2. The van der Waals surface area contributed by atoms with Crippen molar-refractivity contribution in [3.63, 3.8) is 0 Å². The van der Waals surface area contributed by atoms with Crippen molar-refractivity contribution in [3.05, 3.63) is 88.3 Å². The molecule has 6 nitrogen and oxygen atoms in total. The maximum atomic E-state index is 12.9. The molecule has 0 aliphatic carbocycles. The van der Waals surface area contributed by atoms with E-state index in [0.717, 1.165) is 10.9 Å². The molecule has 4 rings (SSSR count). The predicted octanol–water partition coefficient (Wildman–Crippen LogP) is 4.81. The van der Waals surface area contributed by atoms with Gasteiger partial charge in [0.15, 0.2) is 0 Å². The molecule has 0 spiro atoms. The second-order valence-electron chi connectivity index (χ2n) is 7.65. The highest BCUT2D eigenvalue weighted by molar-refractivity contribution is 5.86. The molecule has 0 bridgehead atoms. The molecule has 3 aromatic carbocycles. The van der Waals surface area contributed by atoms with Crippen LogP contribution < -0.4 is 15.1 Å². The van der Waals surface area contributed by atoms with Gasteiger partial charge in [0.1, 0.15) is 22.8 Å². The number of hydrogen-bond donors (Lipinski definition) is 1. The molecule has 0 atom stereocenters. The van der Waals surface area contributed by atoms with Crippen LogP contribution >= 0.6 is 0 Å². The maximum Gasteiger partial charge on any atom is 0.344 e. The number of aromatic hydroxyl groups is 1. The zero-order chi connectivity index (χ0) is 22.7. The van der Waals surface area contributed by atoms with E-state index in [1.165, 1.54) is 0 Å². The van der Waals surface area contributed by atoms with Gasteiger partial charge in [-0.05, 0) is 42.9 Å². The van der Waals surface area contributed by atoms with Crippen molar-refractivity contribution in [2.24, 2.45) is 0 Å². The Morgan fingerprint density at radius 2 is 1.69 bits per heavy atom. The third-order valence-corrected chi connectivity index (χ3v) is 5.40. The van der Waals surface area contributed by atoms with Crippen LogP contribution in [-0.4, -0.2) is 31.3 Å². The molecule has 1 aromatic heterocycles. The fourth-order valence-electron chi connectivity index (χ4n) is 3.81. The van der Waals surface area contributed by atoms with Gasteiger partial charge in [-0.15, -0.1) is 0 Å². The van der Waals surface area contributed by atoms with E-state index in [0.29, 0.717) is 46.9 Å². The van der Waals surface area contributed by atoms with Gasteiger partial charge in [0, 0.05) is 30.1 Å². The van der Waals surface area contributed by atoms with Crippen molar-refractivity contribution in [3.8, 4) is 28.4 Å². The normalized spacial score (nSPS) is 11.1. The standard InChI is InChI=1S/C26H25NO5/c1-27(15-17-7-5-4-6-8-17)16-22-23(28)12-9-18-13-21(26(29)32-25(18)22)20-11-10-19(30-2)14-24(20)31-3/h4-14,28H,15-16H2,1-3H3. The zero-order valence-electron chi connectivity index (χ0n) is 18.3. The van der Waals surface area contributed by atoms with E-state index in [-0.39, 0.29) is 5.75 Å². The van der Waals surface area contributed by atoms with Crippen LogP contribution in [0.4, 0.5) is 0 Å². The third kappa shape index (κ3) is 4.31. The summed E-state index contributed by atoms with van der Waals surface area (Å²) in [4.78, 5) is 15.0. The van der Waals surface area contributed by atoms with Crippen LogP contribution in [0.25, 0.3) is 22.1 Å². The van der Waals surface area contributed by atoms with E-state index in [1.54, 1.807) is 50.6 Å². The summed E-state index contributed by atoms with van der Waals surface area (Å²) in [5.41, 5.74) is 2.60. The average Bonchev–Trinajstić information content (AvgIpc) is 2.81. The molecular weight excluding hydrogens is 406 g/mol. The summed E-state index contributed by atoms with van der Waals surface area (Å²) < 4.78 is 16.4. The van der Waals surface area contributed by atoms with Crippen molar-refractivity contribution in [2.45, 2.75) is 13.1 Å². The SMILES string of the molecule is COc1ccc(-c2cc3ccc(O)c(CN(C)Cc4ccccc4)c3oc2=O)c(OC)c1. The van der Waals surface area contributed by atoms with Gasteiger partial charge in [-0.1, -0.05) is 30.3 Å². The van der Waals surface area contributed by atoms with Crippen molar-refractivity contribution in [1.82, 2.24) is 4.90 Å². The Hall–Kier alpha value is -3.77. The molecule has 0 unspecified atom stereocenters. The molecule has 164 valence electrons. The highest BCUT2D eigenvalue weighted by atomic mass is 16.5. The molecule has 4 aromatic rings. The highest BCUT2D eigenvalue weighted by Crippen LogP contribution is 2.35. The van der Waals surface area contributed by atoms with Crippen LogP contribution in [-0.2, 0) is 13.1 Å². The number of hydrogen-bond acceptors (Lipinski definition) is 6. The molecule has 0 amide bonds. The van der Waals surface area contributed by atoms with Crippen LogP contribution in [0.3, 0.4) is 0 Å². The van der Waals surface area contributed by atoms with E-state index in [4.69, 9.17) is 13.9 Å². The van der Waals surface area contributed by atoms with Gasteiger partial charge < -0.3 is 19.0 Å². The Kier molecular flexibility index (Phi) is 6.14. The van der Waals surface area contributed by atoms with E-state index in [9.17, 15) is 9.90 Å². The molecular formula is C26H25NO5. The maximum absolute atomic E-state index is 12.9. The number of nitrogens with zero attached hydrogens (tertiary/aromatic N) is 1. The Bertz CT molecular complexity index is 1300. The van der Waals surface area contributed by atoms with Crippen molar-refractivity contribution in [2.75, 3.05) is 21.3 Å². The summed E-state index contributed by atoms with van der Waals surface area (Å²) in [6.07, 6.45) is 0. The first-order valence-corrected chi connectivity index (χ1v) is 10.2. The fourth-order valence-corrected chi connectivity index (χ4v) is 3.81. The Balaban J connectivity index is 1.74. The lowest BCUT2D eigenvalue weighted by Crippen LogP contribution is -2.18. The quantitative estimate of drug-likeness (QED) is 0.423. The summed E-state index contributed by atoms with van der Waals surface area (Å²) in [6, 6.07) is 20.5. The lowest BCUT2D eigenvalue weighted by Gasteiger charge is -2.18. The summed E-state index contributed by atoms with van der Waals surface area (Å²) in [5.74, 6) is 1.23. The minimum Gasteiger partial charge on any atom is -0.507 e. The topological polar surface area (TPSA) is 72.1 Å². The van der Waals surface area contributed by atoms with Crippen molar-refractivity contribution in [1.29, 1.82) is 0 Å². The predicted molar refractivity (Wildman–Crippen MR) is 124 cm³/mol. The Morgan fingerprint density at radius 1 is 0.906 bits per heavy atom. The van der Waals surface area contributed by atoms with Gasteiger partial charge in [-0.25, -0.2) is 4.79 Å². The molecule has 1 heterocycles. The van der Waals surface area contributed by atoms with Crippen molar-refractivity contribution >= 4 is 11.0 Å². The molecule has 32 heavy (non-hydrogen) atoms. The van der Waals surface area contributed by atoms with Crippen molar-refractivity contribution < 1.29 is 19.0 Å². The Labute approximate surface area is 186 Å². The second-order valence-corrected chi connectivity index (χ2v) is 7.65. The van der Waals surface area contributed by atoms with Gasteiger partial charge in [-0.3, -0.25) is 4.90 Å². The summed E-state index contributed by atoms with van der Waals surface area (Å²) in [7, 11) is 5.07. The minimum absolute atomic E-state index is 0.0929. The molecule has 0 aliphatic heterocycles. The molecule has 0 saturated carbocycles. The summed E-state index contributed by atoms with van der Waals surface area (Å²) in [5, 5.41) is 11.2. The lowest BCUT2D eigenvalue weighted by molar-refractivity contribution is 0.312. The van der Waals surface area contributed by atoms with E-state index < -0.39 is 5.63 Å². The number of phenolic OH excluding ortho intramolecular Hbond substituents is 1. The molecule has 0 fully saturated rings. The summed E-state index contributed by atoms with van der Waals surface area (Å²) in [6.45, 7) is 1.12. The number of ether oxygens (including phenoxy) is 2. The van der Waals surface area contributed by atoms with Crippen LogP contribution in [0, 0.1) is 0 Å². The number of methoxy groups -OCH3 is 2. The molecule has 0 saturated heterocycles. The Morgan fingerprint density at radius 3 is 2.41 bits per heavy atom. The van der Waals surface area contributed by atoms with Gasteiger partial charge >= 0.3 is 5.63 Å². The van der Waals surface area contributed by atoms with Gasteiger partial charge in [0.2, 0.25) is 0 Å². The molecule has 6 heteroatoms. The lowest BCUT2D eigenvalue weighted by atomic mass is 10.0. The van der Waals surface area contributed by atoms with E-state index >= 15 is 0 Å². The van der Waals surface area contributed by atoms with Crippen LogP contribution in [0.1, 0.15) is 11.1 Å². The van der Waals surface area contributed by atoms with Crippen LogP contribution in [0.5, 0.6) is 17.2 Å². The monoisotopic (exact) mass is 431 g/mol. The van der Waals surface area contributed by atoms with Gasteiger partial charge in [-0.2, -0.15) is 0 Å². The van der Waals surface area contributed by atoms with E-state index in [2.05, 4.69) is 4.90 Å². The minimum atomic E-state index is -0.501. The van der Waals surface area contributed by atoms with Gasteiger partial charge in [0.25, 0.3) is 0 Å². The van der Waals surface area contributed by atoms with Crippen LogP contribution in [0.15, 0.2) is 75.9 Å². The van der Waals surface area contributed by atoms with Crippen LogP contribution in [0.2, 0.25) is 0 Å². The number of phenols is 1. The molecule has 1 N–H and O–H groups in total. The first kappa shape index (κ1) is 21.5. The molecule has 0 radical (unpaired) electrons. The molecule has 0 aliphatic rings. The third-order valence-electron chi connectivity index (χ3n) is 5.40. The number of benzene rings is 3. The first-order chi connectivity index (χ1) is 15.5. The number of rotatable bonds is 7. The smallest absolute Gasteiger partial charge is 0.344 e. The van der Waals surface area contributed by atoms with Gasteiger partial charge in [0.05, 0.1) is 25.3 Å². The fraction of sp³-hybridized carbons (Fsp3) is 0.192. The van der Waals surface area contributed by atoms with E-state index in [1.807, 2.05) is 37.4 Å². The summed E-state index contributed by atoms with van der Waals surface area (Å²) >= 11 is 0. The average molecular weight is 431 g/mol.